The number of aryl methyl sites for hydroxylation is 2. The van der Waals surface area contributed by atoms with E-state index in [0.717, 1.165) is 11.3 Å². The maximum atomic E-state index is 11.0. The van der Waals surface area contributed by atoms with Gasteiger partial charge in [0.2, 0.25) is 0 Å². The van der Waals surface area contributed by atoms with E-state index in [1.54, 1.807) is 23.8 Å². The normalized spacial score (nSPS) is 11.0. The van der Waals surface area contributed by atoms with Crippen LogP contribution in [0.25, 0.3) is 17.2 Å². The van der Waals surface area contributed by atoms with Crippen LogP contribution in [-0.2, 0) is 11.2 Å². The van der Waals surface area contributed by atoms with Gasteiger partial charge in [-0.1, -0.05) is 0 Å². The minimum Gasteiger partial charge on any atom is -0.481 e. The summed E-state index contributed by atoms with van der Waals surface area (Å²) in [5.41, 5.74) is 2.91. The lowest BCUT2D eigenvalue weighted by atomic mass is 10.1. The van der Waals surface area contributed by atoms with Gasteiger partial charge in [-0.3, -0.25) is 9.78 Å². The largest absolute Gasteiger partial charge is 0.481 e. The average Bonchev–Trinajstić information content (AvgIpc) is 2.88. The molecule has 0 saturated heterocycles. The third kappa shape index (κ3) is 2.33. The van der Waals surface area contributed by atoms with Crippen LogP contribution in [-0.4, -0.2) is 35.6 Å². The molecule has 7 nitrogen and oxygen atoms in total. The summed E-state index contributed by atoms with van der Waals surface area (Å²) in [5, 5.41) is 13.4. The Bertz CT molecular complexity index is 826. The Labute approximate surface area is 120 Å². The Kier molecular flexibility index (Phi) is 3.09. The van der Waals surface area contributed by atoms with Crippen molar-refractivity contribution >= 4 is 11.7 Å². The highest BCUT2D eigenvalue weighted by Crippen LogP contribution is 2.18. The zero-order chi connectivity index (χ0) is 15.0. The fourth-order valence-corrected chi connectivity index (χ4v) is 2.24. The van der Waals surface area contributed by atoms with Crippen LogP contribution in [0.1, 0.15) is 17.0 Å². The zero-order valence-electron chi connectivity index (χ0n) is 11.6. The van der Waals surface area contributed by atoms with E-state index in [1.165, 1.54) is 0 Å². The molecule has 106 valence electrons. The fourth-order valence-electron chi connectivity index (χ4n) is 2.24. The van der Waals surface area contributed by atoms with Crippen molar-refractivity contribution in [2.45, 2.75) is 20.3 Å². The number of fused-ring (bicyclic) bond motifs is 1. The van der Waals surface area contributed by atoms with Crippen LogP contribution in [0.5, 0.6) is 0 Å². The van der Waals surface area contributed by atoms with E-state index in [0.29, 0.717) is 22.9 Å². The van der Waals surface area contributed by atoms with Crippen molar-refractivity contribution in [2.75, 3.05) is 0 Å². The van der Waals surface area contributed by atoms with Gasteiger partial charge < -0.3 is 5.11 Å². The summed E-state index contributed by atoms with van der Waals surface area (Å²) < 4.78 is 1.58. The molecular formula is C14H13N5O2. The number of carboxylic acids is 1. The third-order valence-electron chi connectivity index (χ3n) is 3.32. The van der Waals surface area contributed by atoms with Crippen molar-refractivity contribution in [2.24, 2.45) is 0 Å². The first-order valence-corrected chi connectivity index (χ1v) is 6.41. The first-order chi connectivity index (χ1) is 10.1. The van der Waals surface area contributed by atoms with Crippen LogP contribution >= 0.6 is 0 Å². The molecule has 0 bridgehead atoms. The monoisotopic (exact) mass is 283 g/mol. The van der Waals surface area contributed by atoms with Crippen molar-refractivity contribution in [3.8, 4) is 11.4 Å². The van der Waals surface area contributed by atoms with E-state index in [4.69, 9.17) is 5.11 Å². The molecule has 7 heteroatoms. The first-order valence-electron chi connectivity index (χ1n) is 6.41. The summed E-state index contributed by atoms with van der Waals surface area (Å²) in [6.07, 6.45) is 3.26. The van der Waals surface area contributed by atoms with Gasteiger partial charge in [0.25, 0.3) is 5.78 Å². The Hall–Kier alpha value is -2.83. The maximum Gasteiger partial charge on any atom is 0.307 e. The van der Waals surface area contributed by atoms with E-state index in [2.05, 4.69) is 20.1 Å². The molecular weight excluding hydrogens is 270 g/mol. The highest BCUT2D eigenvalue weighted by Gasteiger charge is 2.16. The maximum absolute atomic E-state index is 11.0. The van der Waals surface area contributed by atoms with Gasteiger partial charge in [0.15, 0.2) is 5.82 Å². The fraction of sp³-hybridized carbons (Fsp3) is 0.214. The molecule has 0 atom stereocenters. The minimum atomic E-state index is -0.892. The van der Waals surface area contributed by atoms with Gasteiger partial charge in [-0.2, -0.15) is 4.98 Å². The minimum absolute atomic E-state index is 0.0783. The van der Waals surface area contributed by atoms with Crippen LogP contribution in [0, 0.1) is 13.8 Å². The molecule has 0 unspecified atom stereocenters. The predicted molar refractivity (Wildman–Crippen MR) is 74.8 cm³/mol. The number of nitrogens with zero attached hydrogens (tertiary/aromatic N) is 5. The highest BCUT2D eigenvalue weighted by molar-refractivity contribution is 5.71. The molecule has 0 radical (unpaired) electrons. The number of hydrogen-bond donors (Lipinski definition) is 1. The number of rotatable bonds is 3. The van der Waals surface area contributed by atoms with Crippen molar-refractivity contribution in [3.05, 3.63) is 41.5 Å². The zero-order valence-corrected chi connectivity index (χ0v) is 11.6. The Morgan fingerprint density at radius 2 is 1.95 bits per heavy atom. The SMILES string of the molecule is Cc1nc2nc(-c3ccncc3)nn2c(C)c1CC(=O)O. The molecule has 3 aromatic heterocycles. The van der Waals surface area contributed by atoms with Crippen molar-refractivity contribution < 1.29 is 9.90 Å². The van der Waals surface area contributed by atoms with Crippen LogP contribution in [0.4, 0.5) is 0 Å². The van der Waals surface area contributed by atoms with E-state index < -0.39 is 5.97 Å². The van der Waals surface area contributed by atoms with Gasteiger partial charge in [-0.05, 0) is 26.0 Å². The smallest absolute Gasteiger partial charge is 0.307 e. The lowest BCUT2D eigenvalue weighted by molar-refractivity contribution is -0.136. The van der Waals surface area contributed by atoms with E-state index in [9.17, 15) is 4.79 Å². The second-order valence-corrected chi connectivity index (χ2v) is 4.71. The Morgan fingerprint density at radius 1 is 1.24 bits per heavy atom. The van der Waals surface area contributed by atoms with Gasteiger partial charge >= 0.3 is 5.97 Å². The second-order valence-electron chi connectivity index (χ2n) is 4.71. The number of aromatic nitrogens is 5. The molecule has 21 heavy (non-hydrogen) atoms. The molecule has 1 N–H and O–H groups in total. The number of carbonyl (C=O) groups is 1. The molecule has 0 aliphatic heterocycles. The topological polar surface area (TPSA) is 93.3 Å². The van der Waals surface area contributed by atoms with Gasteiger partial charge in [-0.15, -0.1) is 5.10 Å². The number of hydrogen-bond acceptors (Lipinski definition) is 5. The molecule has 0 aromatic carbocycles. The number of carboxylic acid groups (broad SMARTS) is 1. The van der Waals surface area contributed by atoms with Crippen molar-refractivity contribution in [1.82, 2.24) is 24.6 Å². The predicted octanol–water partition coefficient (Wildman–Crippen LogP) is 1.43. The first kappa shape index (κ1) is 13.2. The molecule has 3 rings (SSSR count). The summed E-state index contributed by atoms with van der Waals surface area (Å²) in [7, 11) is 0. The second kappa shape index (κ2) is 4.93. The molecule has 0 aliphatic rings. The van der Waals surface area contributed by atoms with E-state index >= 15 is 0 Å². The van der Waals surface area contributed by atoms with Gasteiger partial charge in [0.05, 0.1) is 6.42 Å². The summed E-state index contributed by atoms with van der Waals surface area (Å²) in [6, 6.07) is 3.63. The van der Waals surface area contributed by atoms with Crippen LogP contribution in [0.15, 0.2) is 24.5 Å². The van der Waals surface area contributed by atoms with Gasteiger partial charge in [-0.25, -0.2) is 9.50 Å². The summed E-state index contributed by atoms with van der Waals surface area (Å²) in [4.78, 5) is 23.7. The average molecular weight is 283 g/mol. The Balaban J connectivity index is 2.18. The number of pyridine rings is 1. The van der Waals surface area contributed by atoms with Gasteiger partial charge in [0, 0.05) is 34.9 Å². The molecule has 0 saturated carbocycles. The lowest BCUT2D eigenvalue weighted by Crippen LogP contribution is -2.10. The van der Waals surface area contributed by atoms with Crippen molar-refractivity contribution in [1.29, 1.82) is 0 Å². The third-order valence-corrected chi connectivity index (χ3v) is 3.32. The van der Waals surface area contributed by atoms with E-state index in [-0.39, 0.29) is 6.42 Å². The molecule has 0 spiro atoms. The van der Waals surface area contributed by atoms with Crippen LogP contribution in [0.3, 0.4) is 0 Å². The molecule has 0 aliphatic carbocycles. The Morgan fingerprint density at radius 3 is 2.62 bits per heavy atom. The standard InChI is InChI=1S/C14H13N5O2/c1-8-11(7-12(20)21)9(2)19-14(16-8)17-13(18-19)10-3-5-15-6-4-10/h3-6H,7H2,1-2H3,(H,20,21). The lowest BCUT2D eigenvalue weighted by Gasteiger charge is -2.07. The molecule has 3 aromatic rings. The van der Waals surface area contributed by atoms with Crippen LogP contribution in [0.2, 0.25) is 0 Å². The molecule has 3 heterocycles. The summed E-state index contributed by atoms with van der Waals surface area (Å²) in [5.74, 6) is 0.114. The molecule has 0 amide bonds. The highest BCUT2D eigenvalue weighted by atomic mass is 16.4. The van der Waals surface area contributed by atoms with Crippen LogP contribution < -0.4 is 0 Å². The number of aliphatic carboxylic acids is 1. The van der Waals surface area contributed by atoms with E-state index in [1.807, 2.05) is 19.1 Å². The molecule has 0 fully saturated rings. The van der Waals surface area contributed by atoms with Gasteiger partial charge in [0.1, 0.15) is 0 Å². The summed E-state index contributed by atoms with van der Waals surface area (Å²) >= 11 is 0. The summed E-state index contributed by atoms with van der Waals surface area (Å²) in [6.45, 7) is 3.61. The van der Waals surface area contributed by atoms with Crippen molar-refractivity contribution in [3.63, 3.8) is 0 Å². The quantitative estimate of drug-likeness (QED) is 0.781.